The molecule has 0 rings (SSSR count). The molecule has 38 heavy (non-hydrogen) atoms. The number of ether oxygens (including phenoxy) is 1. The molecule has 0 aliphatic carbocycles. The van der Waals surface area contributed by atoms with Gasteiger partial charge in [0.15, 0.2) is 0 Å². The quantitative estimate of drug-likeness (QED) is 0.108. The van der Waals surface area contributed by atoms with Crippen LogP contribution in [0.1, 0.15) is 26.9 Å². The van der Waals surface area contributed by atoms with Gasteiger partial charge in [-0.25, -0.2) is 4.79 Å². The zero-order valence-electron chi connectivity index (χ0n) is 21.1. The summed E-state index contributed by atoms with van der Waals surface area (Å²) in [6.45, 7) is 0.369. The zero-order chi connectivity index (χ0) is 29.1. The average molecular weight is 565 g/mol. The third kappa shape index (κ3) is 29.5. The Labute approximate surface area is 244 Å². The van der Waals surface area contributed by atoms with Crippen LogP contribution in [0.2, 0.25) is 0 Å². The number of nitrogens with zero attached hydrogens (tertiary/aromatic N) is 1. The first-order chi connectivity index (χ1) is 18.0. The molecule has 10 nitrogen and oxygen atoms in total. The number of phosphoric acid groups is 1. The molecule has 0 aromatic heterocycles. The van der Waals surface area contributed by atoms with Gasteiger partial charge in [-0.05, 0) is 89.8 Å². The fourth-order valence-electron chi connectivity index (χ4n) is 1.42. The minimum Gasteiger partial charge on any atom is -0.756 e. The number of rotatable bonds is 9. The molecular weight excluding hydrogens is 513 g/mol. The smallest absolute Gasteiger partial charge is 0.385 e. The number of phosphoric ester groups is 1. The van der Waals surface area contributed by atoms with Crippen molar-refractivity contribution in [3.8, 4) is 94.7 Å². The normalized spacial score (nSPS) is 10.4. The van der Waals surface area contributed by atoms with Crippen molar-refractivity contribution in [1.29, 1.82) is 0 Å². The van der Waals surface area contributed by atoms with Crippen molar-refractivity contribution >= 4 is 20.3 Å². The first kappa shape index (κ1) is 35.6. The topological polar surface area (TPSA) is 145 Å². The van der Waals surface area contributed by atoms with Crippen LogP contribution >= 0.6 is 7.82 Å². The Bertz CT molecular complexity index is 1390. The van der Waals surface area contributed by atoms with Gasteiger partial charge in [-0.1, -0.05) is 5.92 Å². The van der Waals surface area contributed by atoms with Gasteiger partial charge in [-0.2, -0.15) is 0 Å². The third-order valence-electron chi connectivity index (χ3n) is 2.95. The molecule has 0 heterocycles. The van der Waals surface area contributed by atoms with Crippen molar-refractivity contribution < 1.29 is 67.5 Å². The number of hydrogen-bond donors (Lipinski definition) is 1. The molecule has 0 amide bonds. The van der Waals surface area contributed by atoms with E-state index in [0.717, 1.165) is 0 Å². The lowest BCUT2D eigenvalue weighted by atomic mass is 10.4. The number of carbonyl (C=O) groups excluding carboxylic acids is 2. The highest BCUT2D eigenvalue weighted by Gasteiger charge is 2.16. The van der Waals surface area contributed by atoms with E-state index in [4.69, 9.17) is 9.90 Å². The molecule has 224 valence electrons. The molecule has 0 saturated heterocycles. The lowest BCUT2D eigenvalue weighted by molar-refractivity contribution is -0.870. The molecule has 1 N–H and O–H groups in total. The van der Waals surface area contributed by atoms with Gasteiger partial charge in [0, 0.05) is 32.4 Å². The second kappa shape index (κ2) is 22.9. The van der Waals surface area contributed by atoms with E-state index in [1.807, 2.05) is 21.1 Å². The van der Waals surface area contributed by atoms with Crippen LogP contribution in [0.5, 0.6) is 0 Å². The van der Waals surface area contributed by atoms with E-state index in [9.17, 15) is 19.4 Å². The lowest BCUT2D eigenvalue weighted by Gasteiger charge is -2.27. The maximum atomic E-state index is 11.6. The average Bonchev–Trinajstić information content (AvgIpc) is 2.83. The molecule has 0 fully saturated rings. The number of aliphatic hydroxyl groups is 1. The predicted molar refractivity (Wildman–Crippen MR) is 163 cm³/mol. The van der Waals surface area contributed by atoms with E-state index < -0.39 is 39.6 Å². The fraction of sp³-hybridized carbons (Fsp3) is 0.333. The molecule has 0 bridgehead atoms. The Kier molecular flexibility index (Phi) is 21.4. The van der Waals surface area contributed by atoms with Crippen molar-refractivity contribution in [2.45, 2.75) is 13.0 Å². The molecule has 0 aromatic carbocycles. The third-order valence-corrected chi connectivity index (χ3v) is 3.91. The van der Waals surface area contributed by atoms with Crippen LogP contribution in [0.3, 0.4) is 0 Å². The second-order valence-electron chi connectivity index (χ2n) is 7.06. The van der Waals surface area contributed by atoms with Crippen LogP contribution in [-0.2, 0) is 27.9 Å². The molecule has 0 aromatic rings. The van der Waals surface area contributed by atoms with E-state index in [1.165, 1.54) is 0 Å². The van der Waals surface area contributed by atoms with Crippen molar-refractivity contribution in [2.24, 2.45) is 0 Å². The van der Waals surface area contributed by atoms with Crippen molar-refractivity contribution in [3.63, 3.8) is 0 Å². The first-order valence-electron chi connectivity index (χ1n) is 10.2. The van der Waals surface area contributed by atoms with E-state index in [2.05, 4.69) is 109 Å². The number of carbonyl (C=O) groups is 2. The standard InChI is InChI=1S/C26H22NO7P.CH2O2.14H2/c1-5-6-7-8-9-10-11-12-13-14-15-16-17-18-19-20-26(29)32-23-25(28)24-34-35(30,31)33-22-21-27(2,3)4;2-1-3;;;;;;;;;;;;;;/h25,28H,21-24H2,1-4H3;1H,(H,2,3);14*1H/p-1. The maximum Gasteiger partial charge on any atom is 0.385 e. The summed E-state index contributed by atoms with van der Waals surface area (Å²) in [4.78, 5) is 31.3. The molecule has 0 spiro atoms. The van der Waals surface area contributed by atoms with Gasteiger partial charge in [0.05, 0.1) is 27.7 Å². The van der Waals surface area contributed by atoms with Gasteiger partial charge in [0.2, 0.25) is 0 Å². The van der Waals surface area contributed by atoms with Gasteiger partial charge in [0.25, 0.3) is 7.82 Å². The summed E-state index contributed by atoms with van der Waals surface area (Å²) in [5.41, 5.74) is 0. The van der Waals surface area contributed by atoms with Crippen LogP contribution in [0, 0.1) is 94.7 Å². The summed E-state index contributed by atoms with van der Waals surface area (Å²) < 4.78 is 26.0. The fourth-order valence-corrected chi connectivity index (χ4v) is 2.15. The number of carboxylic acid groups (broad SMARTS) is 1. The highest BCUT2D eigenvalue weighted by Crippen LogP contribution is 2.38. The minimum absolute atomic E-state index is 0. The summed E-state index contributed by atoms with van der Waals surface area (Å²) in [7, 11) is 1.03. The summed E-state index contributed by atoms with van der Waals surface area (Å²) in [5.74, 6) is 37.6. The molecule has 0 aliphatic rings. The van der Waals surface area contributed by atoms with Crippen LogP contribution in [-0.4, -0.2) is 75.6 Å². The van der Waals surface area contributed by atoms with Gasteiger partial charge < -0.3 is 38.2 Å². The monoisotopic (exact) mass is 564 g/mol. The Morgan fingerprint density at radius 3 is 1.74 bits per heavy atom. The highest BCUT2D eigenvalue weighted by molar-refractivity contribution is 7.45. The molecular formula is C27H51NO9P-. The van der Waals surface area contributed by atoms with Crippen LogP contribution in [0.25, 0.3) is 0 Å². The predicted octanol–water partition coefficient (Wildman–Crippen LogP) is 0.956. The number of hydrogen-bond acceptors (Lipinski definition) is 9. The minimum atomic E-state index is -4.58. The van der Waals surface area contributed by atoms with E-state index >= 15 is 0 Å². The summed E-state index contributed by atoms with van der Waals surface area (Å²) in [6, 6.07) is 0. The maximum absolute atomic E-state index is 11.6. The van der Waals surface area contributed by atoms with Gasteiger partial charge >= 0.3 is 5.97 Å². The summed E-state index contributed by atoms with van der Waals surface area (Å²) in [6.07, 6.45) is -1.39. The lowest BCUT2D eigenvalue weighted by Crippen LogP contribution is -2.37. The Morgan fingerprint density at radius 2 is 1.32 bits per heavy atom. The second-order valence-corrected chi connectivity index (χ2v) is 8.47. The SMILES string of the molecule is CC#CC#CC#CC#CC#CC#CC#CC#CC(=O)OCC(O)COP(=O)([O-])OCC[N+](C)(C)C.O=C[O-].[HH].[HH].[HH].[HH].[HH].[HH].[HH].[HH].[HH].[HH].[HH].[HH].[HH].[HH]. The number of aliphatic hydroxyl groups excluding tert-OH is 1. The van der Waals surface area contributed by atoms with E-state index in [1.54, 1.807) is 6.92 Å². The molecule has 0 saturated carbocycles. The Balaban J connectivity index is -0.0000000525. The summed E-state index contributed by atoms with van der Waals surface area (Å²) in [5, 5.41) is 17.9. The van der Waals surface area contributed by atoms with Crippen molar-refractivity contribution in [1.82, 2.24) is 0 Å². The van der Waals surface area contributed by atoms with Gasteiger partial charge in [-0.3, -0.25) is 4.57 Å². The summed E-state index contributed by atoms with van der Waals surface area (Å²) >= 11 is 0. The van der Waals surface area contributed by atoms with Crippen molar-refractivity contribution in [2.75, 3.05) is 47.5 Å². The van der Waals surface area contributed by atoms with Crippen LogP contribution < -0.4 is 10.00 Å². The van der Waals surface area contributed by atoms with E-state index in [0.29, 0.717) is 11.0 Å². The molecule has 0 aliphatic heterocycles. The van der Waals surface area contributed by atoms with Crippen LogP contribution in [0.4, 0.5) is 0 Å². The van der Waals surface area contributed by atoms with Gasteiger partial charge in [0.1, 0.15) is 25.9 Å². The Morgan fingerprint density at radius 1 is 0.895 bits per heavy atom. The first-order valence-corrected chi connectivity index (χ1v) is 11.7. The number of likely N-dealkylation sites (N-methyl/N-ethyl adjacent to an activating group) is 1. The van der Waals surface area contributed by atoms with Crippen LogP contribution in [0.15, 0.2) is 0 Å². The number of esters is 1. The zero-order valence-corrected chi connectivity index (χ0v) is 22.0. The molecule has 2 atom stereocenters. The van der Waals surface area contributed by atoms with Crippen molar-refractivity contribution in [3.05, 3.63) is 0 Å². The molecule has 11 heteroatoms. The molecule has 2 unspecified atom stereocenters. The van der Waals surface area contributed by atoms with Gasteiger partial charge in [-0.15, -0.1) is 0 Å². The number of quaternary nitrogens is 1. The van der Waals surface area contributed by atoms with E-state index in [-0.39, 0.29) is 26.6 Å². The highest BCUT2D eigenvalue weighted by atomic mass is 31.2. The molecule has 0 radical (unpaired) electrons. The largest absolute Gasteiger partial charge is 0.756 e. The Hall–Kier alpha value is -4.55.